The molecule has 0 atom stereocenters. The van der Waals surface area contributed by atoms with Crippen molar-refractivity contribution in [2.24, 2.45) is 0 Å². The van der Waals surface area contributed by atoms with Gasteiger partial charge in [-0.25, -0.2) is 0 Å². The van der Waals surface area contributed by atoms with Crippen molar-refractivity contribution in [3.05, 3.63) is 95.1 Å². The van der Waals surface area contributed by atoms with Gasteiger partial charge in [0.25, 0.3) is 0 Å². The van der Waals surface area contributed by atoms with Crippen molar-refractivity contribution < 1.29 is 20.1 Å². The molecular weight excluding hydrogens is 414 g/mol. The number of para-hydroxylation sites is 2. The van der Waals surface area contributed by atoms with E-state index in [0.717, 1.165) is 16.7 Å². The Balaban J connectivity index is 1.93. The number of benzene rings is 4. The summed E-state index contributed by atoms with van der Waals surface area (Å²) in [5, 5.41) is 31.6. The molecule has 4 aromatic carbocycles. The van der Waals surface area contributed by atoms with E-state index >= 15 is 0 Å². The summed E-state index contributed by atoms with van der Waals surface area (Å²) >= 11 is 0. The lowest BCUT2D eigenvalue weighted by Crippen LogP contribution is -2.12. The number of rotatable bonds is 5. The normalized spacial score (nSPS) is 10.8. The van der Waals surface area contributed by atoms with E-state index in [9.17, 15) is 15.3 Å². The minimum absolute atomic E-state index is 0.0768. The van der Waals surface area contributed by atoms with E-state index in [2.05, 4.69) is 0 Å². The molecule has 5 nitrogen and oxygen atoms in total. The fourth-order valence-electron chi connectivity index (χ4n) is 3.75. The lowest BCUT2D eigenvalue weighted by atomic mass is 10.1. The highest BCUT2D eigenvalue weighted by Gasteiger charge is 2.23. The summed E-state index contributed by atoms with van der Waals surface area (Å²) in [6.45, 7) is 7.58. The standard InChI is InChI=1S/C28H27NO4/c1-17-9-11-24(30)22(13-17)29(23-14-18(2)10-12-25(23)31)21-7-5-6-8-27(21)33-28-16-19(3)26(32)15-20(28)4/h5-16,30-32H,1-4H3. The average molecular weight is 442 g/mol. The van der Waals surface area contributed by atoms with Crippen molar-refractivity contribution in [1.29, 1.82) is 0 Å². The van der Waals surface area contributed by atoms with E-state index in [-0.39, 0.29) is 17.2 Å². The van der Waals surface area contributed by atoms with Crippen LogP contribution >= 0.6 is 0 Å². The van der Waals surface area contributed by atoms with Crippen molar-refractivity contribution in [3.8, 4) is 28.7 Å². The molecule has 33 heavy (non-hydrogen) atoms. The molecule has 0 heterocycles. The summed E-state index contributed by atoms with van der Waals surface area (Å²) in [5.74, 6) is 1.51. The molecule has 0 aliphatic heterocycles. The first kappa shape index (κ1) is 22.1. The first-order valence-corrected chi connectivity index (χ1v) is 10.7. The Morgan fingerprint density at radius 2 is 1.12 bits per heavy atom. The molecular formula is C28H27NO4. The van der Waals surface area contributed by atoms with Gasteiger partial charge < -0.3 is 20.1 Å². The van der Waals surface area contributed by atoms with Crippen molar-refractivity contribution in [1.82, 2.24) is 0 Å². The zero-order valence-electron chi connectivity index (χ0n) is 19.1. The maximum absolute atomic E-state index is 10.8. The summed E-state index contributed by atoms with van der Waals surface area (Å²) in [6.07, 6.45) is 0. The third kappa shape index (κ3) is 4.44. The fourth-order valence-corrected chi connectivity index (χ4v) is 3.75. The number of hydrogen-bond acceptors (Lipinski definition) is 5. The summed E-state index contributed by atoms with van der Waals surface area (Å²) in [6, 6.07) is 21.6. The van der Waals surface area contributed by atoms with Crippen LogP contribution in [0.15, 0.2) is 72.8 Å². The summed E-state index contributed by atoms with van der Waals surface area (Å²) < 4.78 is 6.32. The van der Waals surface area contributed by atoms with E-state index in [0.29, 0.717) is 34.1 Å². The third-order valence-corrected chi connectivity index (χ3v) is 5.56. The smallest absolute Gasteiger partial charge is 0.151 e. The van der Waals surface area contributed by atoms with Gasteiger partial charge in [-0.15, -0.1) is 0 Å². The molecule has 0 saturated heterocycles. The van der Waals surface area contributed by atoms with E-state index < -0.39 is 0 Å². The van der Waals surface area contributed by atoms with Crippen LogP contribution in [0.3, 0.4) is 0 Å². The van der Waals surface area contributed by atoms with Gasteiger partial charge in [-0.2, -0.15) is 0 Å². The Kier molecular flexibility index (Phi) is 5.88. The Bertz CT molecular complexity index is 1280. The molecule has 168 valence electrons. The maximum Gasteiger partial charge on any atom is 0.151 e. The quantitative estimate of drug-likeness (QED) is 0.303. The van der Waals surface area contributed by atoms with Crippen molar-refractivity contribution in [3.63, 3.8) is 0 Å². The second-order valence-electron chi connectivity index (χ2n) is 8.29. The Morgan fingerprint density at radius 1 is 0.545 bits per heavy atom. The van der Waals surface area contributed by atoms with E-state index in [1.807, 2.05) is 76.2 Å². The number of aryl methyl sites for hydroxylation is 4. The van der Waals surface area contributed by atoms with Gasteiger partial charge in [-0.05, 0) is 98.5 Å². The first-order chi connectivity index (χ1) is 15.7. The number of ether oxygens (including phenoxy) is 1. The molecule has 0 amide bonds. The van der Waals surface area contributed by atoms with E-state index in [4.69, 9.17) is 4.74 Å². The topological polar surface area (TPSA) is 73.2 Å². The van der Waals surface area contributed by atoms with Gasteiger partial charge in [0.15, 0.2) is 5.75 Å². The first-order valence-electron chi connectivity index (χ1n) is 10.7. The number of phenolic OH excluding ortho intramolecular Hbond substituents is 3. The fraction of sp³-hybridized carbons (Fsp3) is 0.143. The van der Waals surface area contributed by atoms with Gasteiger partial charge in [0.1, 0.15) is 23.0 Å². The van der Waals surface area contributed by atoms with Gasteiger partial charge >= 0.3 is 0 Å². The second kappa shape index (κ2) is 8.79. The van der Waals surface area contributed by atoms with Crippen LogP contribution in [0.5, 0.6) is 28.7 Å². The maximum atomic E-state index is 10.8. The second-order valence-corrected chi connectivity index (χ2v) is 8.29. The van der Waals surface area contributed by atoms with E-state index in [1.165, 1.54) is 0 Å². The largest absolute Gasteiger partial charge is 0.508 e. The number of anilines is 3. The third-order valence-electron chi connectivity index (χ3n) is 5.56. The summed E-state index contributed by atoms with van der Waals surface area (Å²) in [5.41, 5.74) is 5.10. The van der Waals surface area contributed by atoms with Crippen LogP contribution in [0, 0.1) is 27.7 Å². The lowest BCUT2D eigenvalue weighted by molar-refractivity contribution is 0.457. The van der Waals surface area contributed by atoms with Crippen LogP contribution in [0.4, 0.5) is 17.1 Å². The van der Waals surface area contributed by atoms with Crippen LogP contribution in [-0.4, -0.2) is 15.3 Å². The molecule has 0 aromatic heterocycles. The van der Waals surface area contributed by atoms with Crippen LogP contribution in [-0.2, 0) is 0 Å². The Labute approximate surface area is 193 Å². The van der Waals surface area contributed by atoms with Crippen LogP contribution in [0.25, 0.3) is 0 Å². The molecule has 0 aliphatic rings. The van der Waals surface area contributed by atoms with Gasteiger partial charge in [-0.3, -0.25) is 4.90 Å². The van der Waals surface area contributed by atoms with Crippen molar-refractivity contribution in [2.75, 3.05) is 4.90 Å². The van der Waals surface area contributed by atoms with Gasteiger partial charge in [0, 0.05) is 0 Å². The minimum atomic E-state index is 0.0768. The SMILES string of the molecule is Cc1ccc(O)c(N(c2cc(C)ccc2O)c2ccccc2Oc2cc(C)c(O)cc2C)c1. The predicted molar refractivity (Wildman–Crippen MR) is 132 cm³/mol. The van der Waals surface area contributed by atoms with Crippen molar-refractivity contribution in [2.45, 2.75) is 27.7 Å². The molecule has 0 aliphatic carbocycles. The van der Waals surface area contributed by atoms with Crippen molar-refractivity contribution >= 4 is 17.1 Å². The molecule has 0 saturated carbocycles. The highest BCUT2D eigenvalue weighted by atomic mass is 16.5. The molecule has 0 unspecified atom stereocenters. The molecule has 0 bridgehead atoms. The average Bonchev–Trinajstić information content (AvgIpc) is 2.78. The summed E-state index contributed by atoms with van der Waals surface area (Å²) in [4.78, 5) is 1.79. The zero-order chi connectivity index (χ0) is 23.7. The highest BCUT2D eigenvalue weighted by Crippen LogP contribution is 2.48. The molecule has 4 aromatic rings. The monoisotopic (exact) mass is 441 g/mol. The molecule has 5 heteroatoms. The van der Waals surface area contributed by atoms with Gasteiger partial charge in [0.2, 0.25) is 0 Å². The molecule has 4 rings (SSSR count). The highest BCUT2D eigenvalue weighted by molar-refractivity contribution is 5.86. The summed E-state index contributed by atoms with van der Waals surface area (Å²) in [7, 11) is 0. The van der Waals surface area contributed by atoms with Crippen LogP contribution < -0.4 is 9.64 Å². The molecule has 0 spiro atoms. The number of nitrogens with zero attached hydrogens (tertiary/aromatic N) is 1. The number of hydrogen-bond donors (Lipinski definition) is 3. The van der Waals surface area contributed by atoms with Gasteiger partial charge in [0.05, 0.1) is 17.1 Å². The Hall–Kier alpha value is -4.12. The minimum Gasteiger partial charge on any atom is -0.508 e. The van der Waals surface area contributed by atoms with Crippen LogP contribution in [0.1, 0.15) is 22.3 Å². The van der Waals surface area contributed by atoms with Gasteiger partial charge in [-0.1, -0.05) is 24.3 Å². The predicted octanol–water partition coefficient (Wildman–Crippen LogP) is 7.30. The molecule has 0 fully saturated rings. The van der Waals surface area contributed by atoms with E-state index in [1.54, 1.807) is 29.2 Å². The number of aromatic hydroxyl groups is 3. The van der Waals surface area contributed by atoms with Crippen LogP contribution in [0.2, 0.25) is 0 Å². The molecule has 0 radical (unpaired) electrons. The lowest BCUT2D eigenvalue weighted by Gasteiger charge is -2.29. The molecule has 3 N–H and O–H groups in total. The number of phenols is 3. The Morgan fingerprint density at radius 3 is 1.73 bits per heavy atom. The zero-order valence-corrected chi connectivity index (χ0v) is 19.1.